The Morgan fingerprint density at radius 3 is 1.62 bits per heavy atom. The lowest BCUT2D eigenvalue weighted by Crippen LogP contribution is -1.93. The van der Waals surface area contributed by atoms with E-state index in [-0.39, 0.29) is 71.6 Å². The predicted octanol–water partition coefficient (Wildman–Crippen LogP) is 12.6. The summed E-state index contributed by atoms with van der Waals surface area (Å²) in [6.07, 6.45) is 0. The first-order valence-electron chi connectivity index (χ1n) is 23.0. The zero-order valence-corrected chi connectivity index (χ0v) is 23.2. The molecule has 0 spiro atoms. The van der Waals surface area contributed by atoms with Gasteiger partial charge in [-0.25, -0.2) is 0 Å². The van der Waals surface area contributed by atoms with Crippen molar-refractivity contribution in [3.8, 4) is 44.5 Å². The summed E-state index contributed by atoms with van der Waals surface area (Å²) < 4.78 is 165. The van der Waals surface area contributed by atoms with Gasteiger partial charge in [-0.05, 0) is 90.3 Å². The van der Waals surface area contributed by atoms with Crippen LogP contribution >= 0.6 is 0 Å². The SMILES string of the molecule is [2H]c1c([2H])c([2H])c(-c2cccc(-c3c4c([2H])c([2H])c([2H])c([2H])c4c(-c4cc5c(cc4-c4c([2H])c([2H])c([2H])c([2H])c4[2H])oc4ccccc45)c4c([2H])c([2H])c([2H])c([2H])c34)c2)c([2H])c1[2H]. The smallest absolute Gasteiger partial charge is 0.136 e. The Kier molecular flexibility index (Phi) is 3.08. The van der Waals surface area contributed by atoms with Crippen LogP contribution in [-0.4, -0.2) is 0 Å². The molecule has 1 aromatic heterocycles. The first kappa shape index (κ1) is 13.4. The third kappa shape index (κ3) is 4.17. The maximum atomic E-state index is 9.52. The summed E-state index contributed by atoms with van der Waals surface area (Å²) in [7, 11) is 0. The lowest BCUT2D eigenvalue weighted by molar-refractivity contribution is 0.669. The normalized spacial score (nSPS) is 17.2. The molecule has 1 heteroatoms. The van der Waals surface area contributed by atoms with Gasteiger partial charge < -0.3 is 4.42 Å². The molecule has 0 atom stereocenters. The summed E-state index contributed by atoms with van der Waals surface area (Å²) in [5, 5.41) is 0.131. The molecule has 0 radical (unpaired) electrons. The second-order valence-corrected chi connectivity index (χ2v) is 10.3. The van der Waals surface area contributed by atoms with Crippen molar-refractivity contribution >= 4 is 43.5 Å². The van der Waals surface area contributed by atoms with E-state index in [0.717, 1.165) is 0 Å². The monoisotopic (exact) mass is 590 g/mol. The van der Waals surface area contributed by atoms with Crippen molar-refractivity contribution in [3.05, 3.63) is 169 Å². The van der Waals surface area contributed by atoms with Crippen LogP contribution in [0.2, 0.25) is 0 Å². The maximum absolute atomic E-state index is 9.52. The van der Waals surface area contributed by atoms with E-state index < -0.39 is 109 Å². The van der Waals surface area contributed by atoms with Crippen LogP contribution in [0.3, 0.4) is 0 Å². The fourth-order valence-corrected chi connectivity index (χ4v) is 5.98. The molecule has 1 heterocycles. The Morgan fingerprint density at radius 1 is 0.356 bits per heavy atom. The largest absolute Gasteiger partial charge is 0.456 e. The van der Waals surface area contributed by atoms with E-state index in [1.165, 1.54) is 30.3 Å². The highest BCUT2D eigenvalue weighted by Crippen LogP contribution is 2.48. The minimum Gasteiger partial charge on any atom is -0.456 e. The number of rotatable bonds is 4. The van der Waals surface area contributed by atoms with E-state index in [1.807, 2.05) is 0 Å². The summed E-state index contributed by atoms with van der Waals surface area (Å²) in [6, 6.07) is 4.52. The van der Waals surface area contributed by atoms with Crippen molar-refractivity contribution in [2.24, 2.45) is 0 Å². The van der Waals surface area contributed by atoms with Gasteiger partial charge in [-0.15, -0.1) is 0 Å². The molecule has 0 aliphatic heterocycles. The van der Waals surface area contributed by atoms with Crippen LogP contribution in [0.25, 0.3) is 88.0 Å². The quantitative estimate of drug-likeness (QED) is 0.186. The van der Waals surface area contributed by atoms with Crippen LogP contribution in [0, 0.1) is 0 Å². The van der Waals surface area contributed by atoms with Gasteiger partial charge in [0.2, 0.25) is 0 Å². The van der Waals surface area contributed by atoms with Crippen molar-refractivity contribution < 1.29 is 29.1 Å². The van der Waals surface area contributed by atoms with Crippen LogP contribution in [0.4, 0.5) is 0 Å². The van der Waals surface area contributed by atoms with E-state index in [9.17, 15) is 5.48 Å². The van der Waals surface area contributed by atoms with Gasteiger partial charge in [0.1, 0.15) is 11.2 Å². The zero-order chi connectivity index (χ0) is 45.4. The summed E-state index contributed by atoms with van der Waals surface area (Å²) in [5.41, 5.74) is 0.0707. The highest BCUT2D eigenvalue weighted by atomic mass is 16.3. The van der Waals surface area contributed by atoms with E-state index >= 15 is 0 Å². The standard InChI is InChI=1S/C44H28O/c1-3-14-29(15-4-1)31-18-13-19-32(26-31)43-34-21-7-9-23-36(34)44(37-24-10-8-22-35(37)43)40-27-39-33-20-11-12-25-41(33)45-42(39)28-38(40)30-16-5-2-6-17-30/h1-28H/i1D,2D,3D,4D,5D,6D,7D,8D,9D,10D,14D,15D,16D,17D,21D,22D,23D,24D. The van der Waals surface area contributed by atoms with Gasteiger partial charge in [-0.3, -0.25) is 0 Å². The molecule has 0 fully saturated rings. The third-order valence-electron chi connectivity index (χ3n) is 7.87. The number of hydrogen-bond donors (Lipinski definition) is 0. The summed E-state index contributed by atoms with van der Waals surface area (Å²) in [6.45, 7) is 0. The Bertz CT molecular complexity index is 3420. The zero-order valence-electron chi connectivity index (χ0n) is 41.2. The van der Waals surface area contributed by atoms with Crippen molar-refractivity contribution in [3.63, 3.8) is 0 Å². The number of fused-ring (bicyclic) bond motifs is 5. The first-order valence-corrected chi connectivity index (χ1v) is 14.0. The summed E-state index contributed by atoms with van der Waals surface area (Å²) in [4.78, 5) is 0. The molecule has 9 aromatic rings. The van der Waals surface area contributed by atoms with Crippen LogP contribution in [0.1, 0.15) is 24.7 Å². The maximum Gasteiger partial charge on any atom is 0.136 e. The molecule has 0 aliphatic rings. The Labute approximate surface area is 286 Å². The van der Waals surface area contributed by atoms with E-state index in [1.54, 1.807) is 30.3 Å². The predicted molar refractivity (Wildman–Crippen MR) is 190 cm³/mol. The molecular weight excluding hydrogens is 544 g/mol. The van der Waals surface area contributed by atoms with Crippen molar-refractivity contribution in [1.82, 2.24) is 0 Å². The van der Waals surface area contributed by atoms with E-state index in [0.29, 0.717) is 16.4 Å². The second kappa shape index (κ2) is 10.4. The number of benzene rings is 8. The summed E-state index contributed by atoms with van der Waals surface area (Å²) in [5.74, 6) is 0. The Morgan fingerprint density at radius 2 is 0.933 bits per heavy atom. The molecular formula is C44H28O. The first-order chi connectivity index (χ1) is 29.8. The van der Waals surface area contributed by atoms with Gasteiger partial charge in [-0.1, -0.05) is 145 Å². The molecule has 0 unspecified atom stereocenters. The van der Waals surface area contributed by atoms with Crippen LogP contribution in [0.15, 0.2) is 174 Å². The molecule has 210 valence electrons. The number of hydrogen-bond acceptors (Lipinski definition) is 1. The molecule has 8 aromatic carbocycles. The fourth-order valence-electron chi connectivity index (χ4n) is 5.98. The molecule has 9 rings (SSSR count). The average molecular weight is 591 g/mol. The topological polar surface area (TPSA) is 13.1 Å². The number of para-hydroxylation sites is 1. The molecule has 0 aliphatic carbocycles. The molecule has 0 bridgehead atoms. The van der Waals surface area contributed by atoms with Gasteiger partial charge in [-0.2, -0.15) is 0 Å². The fraction of sp³-hybridized carbons (Fsp3) is 0. The van der Waals surface area contributed by atoms with Crippen molar-refractivity contribution in [2.75, 3.05) is 0 Å². The highest BCUT2D eigenvalue weighted by molar-refractivity contribution is 6.23. The second-order valence-electron chi connectivity index (χ2n) is 10.3. The Hall–Kier alpha value is -5.92. The Balaban J connectivity index is 1.57. The lowest BCUT2D eigenvalue weighted by Gasteiger charge is -2.20. The number of furan rings is 1. The highest BCUT2D eigenvalue weighted by Gasteiger charge is 2.21. The molecule has 0 N–H and O–H groups in total. The molecule has 0 amide bonds. The molecule has 45 heavy (non-hydrogen) atoms. The van der Waals surface area contributed by atoms with Crippen molar-refractivity contribution in [1.29, 1.82) is 0 Å². The van der Waals surface area contributed by atoms with Gasteiger partial charge in [0.15, 0.2) is 0 Å². The molecule has 0 saturated carbocycles. The average Bonchev–Trinajstić information content (AvgIpc) is 3.65. The lowest BCUT2D eigenvalue weighted by atomic mass is 9.83. The van der Waals surface area contributed by atoms with E-state index in [4.69, 9.17) is 23.6 Å². The van der Waals surface area contributed by atoms with Crippen molar-refractivity contribution in [2.45, 2.75) is 0 Å². The van der Waals surface area contributed by atoms with Gasteiger partial charge in [0.25, 0.3) is 0 Å². The van der Waals surface area contributed by atoms with E-state index in [2.05, 4.69) is 0 Å². The molecule has 0 saturated heterocycles. The van der Waals surface area contributed by atoms with Crippen LogP contribution in [-0.2, 0) is 0 Å². The minimum absolute atomic E-state index is 0.00271. The third-order valence-corrected chi connectivity index (χ3v) is 7.87. The van der Waals surface area contributed by atoms with Crippen LogP contribution in [0.5, 0.6) is 0 Å². The molecule has 1 nitrogen and oxygen atoms in total. The van der Waals surface area contributed by atoms with Crippen LogP contribution < -0.4 is 0 Å². The van der Waals surface area contributed by atoms with Gasteiger partial charge in [0, 0.05) is 10.8 Å². The minimum atomic E-state index is -0.702. The summed E-state index contributed by atoms with van der Waals surface area (Å²) >= 11 is 0. The van der Waals surface area contributed by atoms with Gasteiger partial charge in [0.05, 0.1) is 24.7 Å². The van der Waals surface area contributed by atoms with Gasteiger partial charge >= 0.3 is 0 Å².